The number of amides is 1. The van der Waals surface area contributed by atoms with Gasteiger partial charge in [-0.2, -0.15) is 0 Å². The Morgan fingerprint density at radius 3 is 2.86 bits per heavy atom. The molecule has 7 heteroatoms. The minimum absolute atomic E-state index is 0.0453. The molecule has 21 heavy (non-hydrogen) atoms. The monoisotopic (exact) mass is 292 g/mol. The molecule has 0 spiro atoms. The van der Waals surface area contributed by atoms with E-state index in [2.05, 4.69) is 4.98 Å². The average Bonchev–Trinajstić information content (AvgIpc) is 2.97. The summed E-state index contributed by atoms with van der Waals surface area (Å²) in [6, 6.07) is 0.778. The van der Waals surface area contributed by atoms with Crippen molar-refractivity contribution in [2.75, 3.05) is 4.90 Å². The number of aromatic nitrogens is 2. The minimum Gasteiger partial charge on any atom is -0.333 e. The maximum atomic E-state index is 13.9. The van der Waals surface area contributed by atoms with E-state index in [-0.39, 0.29) is 17.8 Å². The standard InChI is InChI=1S/C14H14F2N4O/c1-2-19-7-18-5-9(19)6-20-11-4-8(15)3-10(16)12(11)13(17)14(20)21/h3-5,7,13H,2,6,17H2,1H3. The normalized spacial score (nSPS) is 17.4. The fraction of sp³-hybridized carbons (Fsp3) is 0.286. The van der Waals surface area contributed by atoms with Crippen LogP contribution in [0.25, 0.3) is 0 Å². The molecule has 3 rings (SSSR count). The minimum atomic E-state index is -1.10. The highest BCUT2D eigenvalue weighted by Crippen LogP contribution is 2.37. The van der Waals surface area contributed by atoms with Gasteiger partial charge in [-0.15, -0.1) is 0 Å². The number of rotatable bonds is 3. The van der Waals surface area contributed by atoms with Crippen molar-refractivity contribution in [3.05, 3.63) is 47.5 Å². The molecular weight excluding hydrogens is 278 g/mol. The van der Waals surface area contributed by atoms with Crippen molar-refractivity contribution >= 4 is 11.6 Å². The molecule has 5 nitrogen and oxygen atoms in total. The van der Waals surface area contributed by atoms with Crippen LogP contribution in [0.4, 0.5) is 14.5 Å². The van der Waals surface area contributed by atoms with Gasteiger partial charge in [-0.25, -0.2) is 13.8 Å². The van der Waals surface area contributed by atoms with Crippen LogP contribution < -0.4 is 10.6 Å². The first-order chi connectivity index (χ1) is 10.0. The lowest BCUT2D eigenvalue weighted by atomic mass is 10.1. The maximum absolute atomic E-state index is 13.9. The van der Waals surface area contributed by atoms with Crippen LogP contribution in [0, 0.1) is 11.6 Å². The second-order valence-corrected chi connectivity index (χ2v) is 4.89. The largest absolute Gasteiger partial charge is 0.333 e. The lowest BCUT2D eigenvalue weighted by molar-refractivity contribution is -0.119. The summed E-state index contributed by atoms with van der Waals surface area (Å²) in [6.45, 7) is 2.81. The Bertz CT molecular complexity index is 713. The fourth-order valence-electron chi connectivity index (χ4n) is 2.60. The molecule has 0 radical (unpaired) electrons. The number of nitrogens with two attached hydrogens (primary N) is 1. The smallest absolute Gasteiger partial charge is 0.249 e. The van der Waals surface area contributed by atoms with Crippen molar-refractivity contribution in [3.63, 3.8) is 0 Å². The van der Waals surface area contributed by atoms with Gasteiger partial charge in [-0.1, -0.05) is 0 Å². The van der Waals surface area contributed by atoms with Crippen molar-refractivity contribution in [1.82, 2.24) is 9.55 Å². The van der Waals surface area contributed by atoms with Crippen LogP contribution in [0.1, 0.15) is 24.2 Å². The molecule has 0 saturated heterocycles. The van der Waals surface area contributed by atoms with E-state index in [9.17, 15) is 13.6 Å². The maximum Gasteiger partial charge on any atom is 0.249 e. The number of nitrogens with zero attached hydrogens (tertiary/aromatic N) is 3. The van der Waals surface area contributed by atoms with Gasteiger partial charge in [-0.3, -0.25) is 4.79 Å². The third-order valence-electron chi connectivity index (χ3n) is 3.67. The van der Waals surface area contributed by atoms with Crippen LogP contribution in [0.3, 0.4) is 0 Å². The Hall–Kier alpha value is -2.28. The number of benzene rings is 1. The number of anilines is 1. The molecule has 0 aliphatic carbocycles. The number of hydrogen-bond donors (Lipinski definition) is 1. The summed E-state index contributed by atoms with van der Waals surface area (Å²) in [5.74, 6) is -1.97. The molecule has 1 atom stereocenters. The van der Waals surface area contributed by atoms with Crippen LogP contribution in [0.2, 0.25) is 0 Å². The van der Waals surface area contributed by atoms with Crippen LogP contribution in [0.5, 0.6) is 0 Å². The van der Waals surface area contributed by atoms with E-state index < -0.39 is 23.6 Å². The summed E-state index contributed by atoms with van der Waals surface area (Å²) in [5, 5.41) is 0. The van der Waals surface area contributed by atoms with Gasteiger partial charge in [0.25, 0.3) is 0 Å². The predicted molar refractivity (Wildman–Crippen MR) is 72.4 cm³/mol. The Morgan fingerprint density at radius 1 is 1.38 bits per heavy atom. The summed E-state index contributed by atoms with van der Waals surface area (Å²) in [4.78, 5) is 17.6. The molecule has 2 heterocycles. The summed E-state index contributed by atoms with van der Waals surface area (Å²) in [6.07, 6.45) is 3.26. The van der Waals surface area contributed by atoms with Gasteiger partial charge in [0, 0.05) is 24.4 Å². The Morgan fingerprint density at radius 2 is 2.14 bits per heavy atom. The zero-order chi connectivity index (χ0) is 15.1. The number of hydrogen-bond acceptors (Lipinski definition) is 3. The summed E-state index contributed by atoms with van der Waals surface area (Å²) < 4.78 is 29.1. The molecule has 110 valence electrons. The number of aryl methyl sites for hydroxylation is 1. The third kappa shape index (κ3) is 2.09. The van der Waals surface area contributed by atoms with Crippen LogP contribution in [0.15, 0.2) is 24.7 Å². The Kier molecular flexibility index (Phi) is 3.21. The topological polar surface area (TPSA) is 64.2 Å². The van der Waals surface area contributed by atoms with E-state index in [0.29, 0.717) is 6.54 Å². The highest BCUT2D eigenvalue weighted by molar-refractivity contribution is 6.04. The first-order valence-corrected chi connectivity index (χ1v) is 6.57. The number of carbonyl (C=O) groups excluding carboxylic acids is 1. The van der Waals surface area contributed by atoms with E-state index in [1.165, 1.54) is 4.90 Å². The molecule has 0 fully saturated rings. The van der Waals surface area contributed by atoms with Crippen molar-refractivity contribution < 1.29 is 13.6 Å². The van der Waals surface area contributed by atoms with E-state index >= 15 is 0 Å². The second kappa shape index (κ2) is 4.92. The summed E-state index contributed by atoms with van der Waals surface area (Å²) in [5.41, 5.74) is 6.76. The first-order valence-electron chi connectivity index (χ1n) is 6.57. The van der Waals surface area contributed by atoms with Gasteiger partial charge in [-0.05, 0) is 13.0 Å². The van der Waals surface area contributed by atoms with E-state index in [4.69, 9.17) is 5.73 Å². The lowest BCUT2D eigenvalue weighted by Gasteiger charge is -2.18. The Labute approximate surface area is 120 Å². The Balaban J connectivity index is 2.03. The molecule has 1 aromatic heterocycles. The summed E-state index contributed by atoms with van der Waals surface area (Å²) in [7, 11) is 0. The zero-order valence-electron chi connectivity index (χ0n) is 11.4. The number of fused-ring (bicyclic) bond motifs is 1. The first kappa shape index (κ1) is 13.7. The van der Waals surface area contributed by atoms with Crippen molar-refractivity contribution in [1.29, 1.82) is 0 Å². The van der Waals surface area contributed by atoms with Gasteiger partial charge in [0.05, 0.1) is 24.3 Å². The molecule has 1 aliphatic heterocycles. The van der Waals surface area contributed by atoms with E-state index in [1.54, 1.807) is 12.5 Å². The highest BCUT2D eigenvalue weighted by Gasteiger charge is 2.38. The molecule has 1 unspecified atom stereocenters. The molecule has 1 aliphatic rings. The van der Waals surface area contributed by atoms with Crippen LogP contribution in [-0.4, -0.2) is 15.5 Å². The molecule has 1 amide bonds. The van der Waals surface area contributed by atoms with Gasteiger partial charge < -0.3 is 15.2 Å². The average molecular weight is 292 g/mol. The molecule has 0 bridgehead atoms. The second-order valence-electron chi connectivity index (χ2n) is 4.89. The fourth-order valence-corrected chi connectivity index (χ4v) is 2.60. The SMILES string of the molecule is CCn1cncc1CN1C(=O)C(N)c2c(F)cc(F)cc21. The molecule has 2 aromatic rings. The van der Waals surface area contributed by atoms with Gasteiger partial charge in [0.1, 0.15) is 17.7 Å². The zero-order valence-corrected chi connectivity index (χ0v) is 11.4. The number of imidazole rings is 1. The van der Waals surface area contributed by atoms with E-state index in [0.717, 1.165) is 17.8 Å². The van der Waals surface area contributed by atoms with E-state index in [1.807, 2.05) is 11.5 Å². The number of halogens is 2. The van der Waals surface area contributed by atoms with Crippen molar-refractivity contribution in [2.24, 2.45) is 5.73 Å². The third-order valence-corrected chi connectivity index (χ3v) is 3.67. The molecule has 1 aromatic carbocycles. The number of carbonyl (C=O) groups is 1. The van der Waals surface area contributed by atoms with Gasteiger partial charge in [0.15, 0.2) is 0 Å². The lowest BCUT2D eigenvalue weighted by Crippen LogP contribution is -2.32. The van der Waals surface area contributed by atoms with Crippen molar-refractivity contribution in [3.8, 4) is 0 Å². The molecule has 2 N–H and O–H groups in total. The summed E-state index contributed by atoms with van der Waals surface area (Å²) >= 11 is 0. The molecule has 0 saturated carbocycles. The van der Waals surface area contributed by atoms with Crippen LogP contribution >= 0.6 is 0 Å². The van der Waals surface area contributed by atoms with Gasteiger partial charge >= 0.3 is 0 Å². The highest BCUT2D eigenvalue weighted by atomic mass is 19.1. The van der Waals surface area contributed by atoms with Crippen LogP contribution in [-0.2, 0) is 17.9 Å². The molecular formula is C14H14F2N4O. The van der Waals surface area contributed by atoms with Gasteiger partial charge in [0.2, 0.25) is 5.91 Å². The predicted octanol–water partition coefficient (Wildman–Crippen LogP) is 1.73. The quantitative estimate of drug-likeness (QED) is 0.937. The van der Waals surface area contributed by atoms with Crippen molar-refractivity contribution in [2.45, 2.75) is 26.1 Å².